The molecule has 0 bridgehead atoms. The van der Waals surface area contributed by atoms with E-state index < -0.39 is 18.8 Å². The van der Waals surface area contributed by atoms with Crippen LogP contribution in [0.4, 0.5) is 23.7 Å². The second-order valence-electron chi connectivity index (χ2n) is 4.20. The Morgan fingerprint density at radius 2 is 1.78 bits per heavy atom. The highest BCUT2D eigenvalue weighted by Crippen LogP contribution is 2.17. The smallest absolute Gasteiger partial charge is 0.329 e. The molecular weight excluding hydrogens is 245 g/mol. The van der Waals surface area contributed by atoms with Gasteiger partial charge in [-0.25, -0.2) is 4.79 Å². The van der Waals surface area contributed by atoms with Crippen LogP contribution in [0.1, 0.15) is 25.3 Å². The van der Waals surface area contributed by atoms with Gasteiger partial charge in [-0.3, -0.25) is 0 Å². The highest BCUT2D eigenvalue weighted by Gasteiger charge is 2.27. The molecule has 100 valence electrons. The SMILES string of the molecule is CC(C)c1ccc(NC(=O)NCC(F)(F)F)cc1. The van der Waals surface area contributed by atoms with Crippen LogP contribution in [0.5, 0.6) is 0 Å². The molecule has 6 heteroatoms. The zero-order chi connectivity index (χ0) is 13.8. The summed E-state index contributed by atoms with van der Waals surface area (Å²) in [7, 11) is 0. The zero-order valence-corrected chi connectivity index (χ0v) is 10.1. The third-order valence-electron chi connectivity index (χ3n) is 2.28. The van der Waals surface area contributed by atoms with Crippen molar-refractivity contribution in [3.8, 4) is 0 Å². The molecule has 18 heavy (non-hydrogen) atoms. The molecule has 1 aromatic rings. The summed E-state index contributed by atoms with van der Waals surface area (Å²) in [5.74, 6) is 0.359. The molecule has 0 aliphatic carbocycles. The summed E-state index contributed by atoms with van der Waals surface area (Å²) >= 11 is 0. The number of anilines is 1. The van der Waals surface area contributed by atoms with Gasteiger partial charge in [0.25, 0.3) is 0 Å². The molecule has 0 fully saturated rings. The fraction of sp³-hybridized carbons (Fsp3) is 0.417. The minimum Gasteiger partial charge on any atom is -0.329 e. The van der Waals surface area contributed by atoms with Crippen molar-refractivity contribution >= 4 is 11.7 Å². The molecule has 0 atom stereocenters. The number of carbonyl (C=O) groups excluding carboxylic acids is 1. The monoisotopic (exact) mass is 260 g/mol. The molecule has 0 spiro atoms. The number of hydrogen-bond donors (Lipinski definition) is 2. The molecule has 1 rings (SSSR count). The predicted octanol–water partition coefficient (Wildman–Crippen LogP) is 3.49. The number of urea groups is 1. The van der Waals surface area contributed by atoms with Crippen LogP contribution in [0.2, 0.25) is 0 Å². The molecule has 0 saturated heterocycles. The van der Waals surface area contributed by atoms with Crippen LogP contribution in [-0.4, -0.2) is 18.8 Å². The van der Waals surface area contributed by atoms with E-state index in [-0.39, 0.29) is 0 Å². The van der Waals surface area contributed by atoms with Crippen LogP contribution in [0.25, 0.3) is 0 Å². The number of halogens is 3. The minimum absolute atomic E-state index is 0.359. The lowest BCUT2D eigenvalue weighted by atomic mass is 10.0. The van der Waals surface area contributed by atoms with Crippen molar-refractivity contribution in [2.75, 3.05) is 11.9 Å². The summed E-state index contributed by atoms with van der Waals surface area (Å²) in [6, 6.07) is 6.09. The maximum absolute atomic E-state index is 11.9. The molecule has 2 amide bonds. The van der Waals surface area contributed by atoms with Crippen molar-refractivity contribution in [3.05, 3.63) is 29.8 Å². The minimum atomic E-state index is -4.40. The maximum atomic E-state index is 11.9. The second kappa shape index (κ2) is 5.75. The van der Waals surface area contributed by atoms with Crippen LogP contribution in [0.15, 0.2) is 24.3 Å². The van der Waals surface area contributed by atoms with Crippen LogP contribution >= 0.6 is 0 Å². The Kier molecular flexibility index (Phi) is 4.58. The highest BCUT2D eigenvalue weighted by molar-refractivity contribution is 5.89. The van der Waals surface area contributed by atoms with Crippen molar-refractivity contribution in [2.45, 2.75) is 25.9 Å². The zero-order valence-electron chi connectivity index (χ0n) is 10.1. The number of benzene rings is 1. The molecule has 0 heterocycles. The molecule has 1 aromatic carbocycles. The molecule has 0 aliphatic rings. The Bertz CT molecular complexity index is 399. The maximum Gasteiger partial charge on any atom is 0.405 e. The lowest BCUT2D eigenvalue weighted by Crippen LogP contribution is -2.36. The van der Waals surface area contributed by atoms with Gasteiger partial charge in [0.2, 0.25) is 0 Å². The van der Waals surface area contributed by atoms with Crippen LogP contribution in [-0.2, 0) is 0 Å². The van der Waals surface area contributed by atoms with E-state index in [2.05, 4.69) is 5.32 Å². The van der Waals surface area contributed by atoms with E-state index in [0.717, 1.165) is 5.56 Å². The first-order valence-electron chi connectivity index (χ1n) is 5.49. The van der Waals surface area contributed by atoms with Gasteiger partial charge < -0.3 is 10.6 Å². The summed E-state index contributed by atoms with van der Waals surface area (Å²) in [5.41, 5.74) is 1.55. The number of hydrogen-bond acceptors (Lipinski definition) is 1. The van der Waals surface area contributed by atoms with Gasteiger partial charge in [-0.2, -0.15) is 13.2 Å². The molecule has 0 aromatic heterocycles. The third-order valence-corrected chi connectivity index (χ3v) is 2.28. The summed E-state index contributed by atoms with van der Waals surface area (Å²) < 4.78 is 35.6. The first-order chi connectivity index (χ1) is 8.28. The average Bonchev–Trinajstić information content (AvgIpc) is 2.26. The quantitative estimate of drug-likeness (QED) is 0.858. The van der Waals surface area contributed by atoms with E-state index in [1.807, 2.05) is 26.0 Å². The molecule has 0 saturated carbocycles. The van der Waals surface area contributed by atoms with Gasteiger partial charge in [-0.1, -0.05) is 26.0 Å². The fourth-order valence-electron chi connectivity index (χ4n) is 1.31. The van der Waals surface area contributed by atoms with Crippen molar-refractivity contribution < 1.29 is 18.0 Å². The van der Waals surface area contributed by atoms with Crippen molar-refractivity contribution in [2.24, 2.45) is 0 Å². The Balaban J connectivity index is 2.50. The number of alkyl halides is 3. The largest absolute Gasteiger partial charge is 0.405 e. The van der Waals surface area contributed by atoms with Gasteiger partial charge in [0.05, 0.1) is 0 Å². The molecule has 2 N–H and O–H groups in total. The molecule has 0 aliphatic heterocycles. The van der Waals surface area contributed by atoms with Gasteiger partial charge in [0.15, 0.2) is 0 Å². The lowest BCUT2D eigenvalue weighted by Gasteiger charge is -2.11. The van der Waals surface area contributed by atoms with E-state index in [9.17, 15) is 18.0 Å². The first kappa shape index (κ1) is 14.3. The molecular formula is C12H15F3N2O. The van der Waals surface area contributed by atoms with Gasteiger partial charge in [0.1, 0.15) is 6.54 Å². The Morgan fingerprint density at radius 3 is 2.22 bits per heavy atom. The normalized spacial score (nSPS) is 11.4. The average molecular weight is 260 g/mol. The number of nitrogens with one attached hydrogen (secondary N) is 2. The van der Waals surface area contributed by atoms with E-state index in [4.69, 9.17) is 0 Å². The standard InChI is InChI=1S/C12H15F3N2O/c1-8(2)9-3-5-10(6-4-9)17-11(18)16-7-12(13,14)15/h3-6,8H,7H2,1-2H3,(H2,16,17,18). The van der Waals surface area contributed by atoms with Gasteiger partial charge >= 0.3 is 12.2 Å². The molecule has 3 nitrogen and oxygen atoms in total. The topological polar surface area (TPSA) is 41.1 Å². The Morgan fingerprint density at radius 1 is 1.22 bits per heavy atom. The van der Waals surface area contributed by atoms with Gasteiger partial charge in [-0.15, -0.1) is 0 Å². The number of rotatable bonds is 3. The third kappa shape index (κ3) is 5.07. The fourth-order valence-corrected chi connectivity index (χ4v) is 1.31. The van der Waals surface area contributed by atoms with Gasteiger partial charge in [0, 0.05) is 5.69 Å². The second-order valence-corrected chi connectivity index (χ2v) is 4.20. The lowest BCUT2D eigenvalue weighted by molar-refractivity contribution is -0.122. The van der Waals surface area contributed by atoms with Crippen molar-refractivity contribution in [1.29, 1.82) is 0 Å². The van der Waals surface area contributed by atoms with Gasteiger partial charge in [-0.05, 0) is 23.6 Å². The summed E-state index contributed by atoms with van der Waals surface area (Å²) in [6.45, 7) is 2.71. The summed E-state index contributed by atoms with van der Waals surface area (Å²) in [6.07, 6.45) is -4.40. The van der Waals surface area contributed by atoms with E-state index >= 15 is 0 Å². The van der Waals surface area contributed by atoms with E-state index in [1.54, 1.807) is 17.4 Å². The van der Waals surface area contributed by atoms with E-state index in [1.165, 1.54) is 0 Å². The number of carbonyl (C=O) groups is 1. The van der Waals surface area contributed by atoms with Crippen molar-refractivity contribution in [1.82, 2.24) is 5.32 Å². The van der Waals surface area contributed by atoms with Crippen LogP contribution < -0.4 is 10.6 Å². The highest BCUT2D eigenvalue weighted by atomic mass is 19.4. The number of amides is 2. The first-order valence-corrected chi connectivity index (χ1v) is 5.49. The van der Waals surface area contributed by atoms with Crippen LogP contribution in [0.3, 0.4) is 0 Å². The summed E-state index contributed by atoms with van der Waals surface area (Å²) in [5, 5.41) is 4.06. The predicted molar refractivity (Wildman–Crippen MR) is 63.6 cm³/mol. The van der Waals surface area contributed by atoms with Crippen LogP contribution in [0, 0.1) is 0 Å². The molecule has 0 unspecified atom stereocenters. The Labute approximate surface area is 103 Å². The van der Waals surface area contributed by atoms with Crippen molar-refractivity contribution in [3.63, 3.8) is 0 Å². The summed E-state index contributed by atoms with van der Waals surface area (Å²) in [4.78, 5) is 11.2. The Hall–Kier alpha value is -1.72. The molecule has 0 radical (unpaired) electrons. The van der Waals surface area contributed by atoms with E-state index in [0.29, 0.717) is 11.6 Å².